The van der Waals surface area contributed by atoms with Crippen LogP contribution >= 0.6 is 0 Å². The summed E-state index contributed by atoms with van der Waals surface area (Å²) in [5.74, 6) is 0.180. The molecule has 5 heteroatoms. The number of hydrogen-bond donors (Lipinski definition) is 0. The number of fused-ring (bicyclic) bond motifs is 1. The lowest BCUT2D eigenvalue weighted by Gasteiger charge is -2.43. The molecule has 3 heterocycles. The Morgan fingerprint density at radius 1 is 1.29 bits per heavy atom. The fourth-order valence-corrected chi connectivity index (χ4v) is 5.07. The Bertz CT molecular complexity index is 841. The van der Waals surface area contributed by atoms with E-state index < -0.39 is 11.5 Å². The van der Waals surface area contributed by atoms with E-state index in [4.69, 9.17) is 4.74 Å². The number of amides is 2. The topological polar surface area (TPSA) is 49.9 Å². The van der Waals surface area contributed by atoms with Crippen molar-refractivity contribution >= 4 is 17.7 Å². The van der Waals surface area contributed by atoms with Crippen LogP contribution in [0.2, 0.25) is 0 Å². The highest BCUT2D eigenvalue weighted by molar-refractivity contribution is 6.00. The minimum atomic E-state index is -0.452. The van der Waals surface area contributed by atoms with E-state index in [2.05, 4.69) is 12.1 Å². The second-order valence-electron chi connectivity index (χ2n) is 6.86. The van der Waals surface area contributed by atoms with Crippen molar-refractivity contribution in [2.24, 2.45) is 0 Å². The molecule has 0 saturated carbocycles. The van der Waals surface area contributed by atoms with Crippen LogP contribution in [0.3, 0.4) is 0 Å². The van der Waals surface area contributed by atoms with Crippen LogP contribution in [0, 0.1) is 0 Å². The molecule has 0 unspecified atom stereocenters. The van der Waals surface area contributed by atoms with Gasteiger partial charge in [0.05, 0.1) is 24.3 Å². The number of rotatable bonds is 0. The Balaban J connectivity index is 1.81. The van der Waals surface area contributed by atoms with Crippen LogP contribution in [0.15, 0.2) is 47.7 Å². The molecule has 1 aliphatic carbocycles. The highest BCUT2D eigenvalue weighted by Gasteiger charge is 2.63. The summed E-state index contributed by atoms with van der Waals surface area (Å²) in [6.07, 6.45) is 6.17. The van der Waals surface area contributed by atoms with E-state index >= 15 is 0 Å². The van der Waals surface area contributed by atoms with E-state index in [-0.39, 0.29) is 11.9 Å². The first-order valence-corrected chi connectivity index (χ1v) is 8.37. The minimum Gasteiger partial charge on any atom is -0.452 e. The third-order valence-electron chi connectivity index (χ3n) is 5.88. The van der Waals surface area contributed by atoms with Crippen molar-refractivity contribution in [3.8, 4) is 0 Å². The van der Waals surface area contributed by atoms with Gasteiger partial charge in [-0.3, -0.25) is 4.79 Å². The van der Waals surface area contributed by atoms with E-state index in [1.54, 1.807) is 4.90 Å². The van der Waals surface area contributed by atoms with Crippen molar-refractivity contribution in [3.63, 3.8) is 0 Å². The van der Waals surface area contributed by atoms with E-state index in [1.165, 1.54) is 12.7 Å². The zero-order valence-corrected chi connectivity index (χ0v) is 13.5. The van der Waals surface area contributed by atoms with Crippen LogP contribution in [0.1, 0.15) is 24.8 Å². The second kappa shape index (κ2) is 4.50. The lowest BCUT2D eigenvalue weighted by molar-refractivity contribution is -0.129. The molecule has 3 aliphatic heterocycles. The number of carbonyl (C=O) groups excluding carboxylic acids is 2. The number of benzene rings is 1. The third-order valence-corrected chi connectivity index (χ3v) is 5.88. The second-order valence-corrected chi connectivity index (χ2v) is 6.86. The number of anilines is 1. The van der Waals surface area contributed by atoms with Crippen LogP contribution in [0.25, 0.3) is 0 Å². The monoisotopic (exact) mass is 322 g/mol. The Morgan fingerprint density at radius 2 is 2.12 bits per heavy atom. The number of hydrogen-bond acceptors (Lipinski definition) is 3. The van der Waals surface area contributed by atoms with Gasteiger partial charge in [-0.15, -0.1) is 0 Å². The van der Waals surface area contributed by atoms with Gasteiger partial charge in [0.2, 0.25) is 5.91 Å². The van der Waals surface area contributed by atoms with Gasteiger partial charge >= 0.3 is 6.09 Å². The molecule has 1 aromatic rings. The SMILES string of the molecule is COC(=O)N1C2=CC=C3CCCN4C(=O)C[C@@]2(c2ccccc21)[C@H]34. The molecule has 1 aromatic carbocycles. The quantitative estimate of drug-likeness (QED) is 0.738. The molecule has 0 bridgehead atoms. The van der Waals surface area contributed by atoms with Gasteiger partial charge in [0, 0.05) is 18.7 Å². The Kier molecular flexibility index (Phi) is 2.59. The van der Waals surface area contributed by atoms with Gasteiger partial charge in [0.25, 0.3) is 0 Å². The summed E-state index contributed by atoms with van der Waals surface area (Å²) >= 11 is 0. The van der Waals surface area contributed by atoms with Crippen LogP contribution in [0.5, 0.6) is 0 Å². The number of carbonyl (C=O) groups is 2. The maximum absolute atomic E-state index is 12.8. The lowest BCUT2D eigenvalue weighted by Crippen LogP contribution is -2.50. The summed E-state index contributed by atoms with van der Waals surface area (Å²) in [5, 5.41) is 0. The Morgan fingerprint density at radius 3 is 2.96 bits per heavy atom. The summed E-state index contributed by atoms with van der Waals surface area (Å²) < 4.78 is 5.03. The zero-order chi connectivity index (χ0) is 16.5. The van der Waals surface area contributed by atoms with E-state index in [0.717, 1.165) is 36.3 Å². The summed E-state index contributed by atoms with van der Waals surface area (Å²) in [6, 6.07) is 7.94. The van der Waals surface area contributed by atoms with Crippen molar-refractivity contribution in [3.05, 3.63) is 53.3 Å². The first kappa shape index (κ1) is 13.8. The first-order valence-electron chi connectivity index (χ1n) is 8.37. The van der Waals surface area contributed by atoms with Gasteiger partial charge in [-0.1, -0.05) is 24.3 Å². The van der Waals surface area contributed by atoms with Crippen molar-refractivity contribution in [2.45, 2.75) is 30.7 Å². The average Bonchev–Trinajstić information content (AvgIpc) is 3.08. The summed E-state index contributed by atoms with van der Waals surface area (Å²) in [4.78, 5) is 28.9. The molecule has 4 aliphatic rings. The number of piperidine rings is 1. The molecular weight excluding hydrogens is 304 g/mol. The maximum atomic E-state index is 12.8. The molecule has 0 radical (unpaired) electrons. The number of ether oxygens (including phenoxy) is 1. The number of para-hydroxylation sites is 1. The summed E-state index contributed by atoms with van der Waals surface area (Å²) in [7, 11) is 1.40. The van der Waals surface area contributed by atoms with Gasteiger partial charge < -0.3 is 9.64 Å². The lowest BCUT2D eigenvalue weighted by atomic mass is 9.67. The molecule has 24 heavy (non-hydrogen) atoms. The molecule has 0 aromatic heterocycles. The van der Waals surface area contributed by atoms with Gasteiger partial charge in [0.1, 0.15) is 0 Å². The molecule has 1 spiro atoms. The van der Waals surface area contributed by atoms with E-state index in [9.17, 15) is 9.59 Å². The highest BCUT2D eigenvalue weighted by atomic mass is 16.5. The van der Waals surface area contributed by atoms with Crippen molar-refractivity contribution < 1.29 is 14.3 Å². The van der Waals surface area contributed by atoms with Crippen LogP contribution in [-0.2, 0) is 14.9 Å². The van der Waals surface area contributed by atoms with Crippen molar-refractivity contribution in [2.75, 3.05) is 18.6 Å². The molecular formula is C19H18N2O3. The Labute approximate surface area is 140 Å². The molecule has 0 N–H and O–H groups in total. The van der Waals surface area contributed by atoms with Crippen LogP contribution in [0.4, 0.5) is 10.5 Å². The number of allylic oxidation sites excluding steroid dienone is 2. The number of nitrogens with zero attached hydrogens (tertiary/aromatic N) is 2. The molecule has 2 atom stereocenters. The van der Waals surface area contributed by atoms with Crippen LogP contribution < -0.4 is 4.90 Å². The normalized spacial score (nSPS) is 29.5. The molecule has 122 valence electrons. The standard InChI is InChI=1S/C19H18N2O3/c1-24-18(23)21-14-7-3-2-6-13(14)19-11-16(22)20-10-4-5-12(17(19)20)8-9-15(19)21/h2-3,6-9,17H,4-5,10-11H2,1H3/t17-,19-/m0/s1. The fraction of sp³-hybridized carbons (Fsp3) is 0.368. The van der Waals surface area contributed by atoms with E-state index in [0.29, 0.717) is 6.42 Å². The van der Waals surface area contributed by atoms with Crippen LogP contribution in [-0.4, -0.2) is 36.6 Å². The minimum absolute atomic E-state index is 0.0366. The maximum Gasteiger partial charge on any atom is 0.418 e. The smallest absolute Gasteiger partial charge is 0.418 e. The van der Waals surface area contributed by atoms with Gasteiger partial charge in [-0.25, -0.2) is 9.69 Å². The largest absolute Gasteiger partial charge is 0.452 e. The Hall–Kier alpha value is -2.56. The molecule has 2 saturated heterocycles. The summed E-state index contributed by atoms with van der Waals surface area (Å²) in [6.45, 7) is 0.802. The molecule has 2 fully saturated rings. The molecule has 5 nitrogen and oxygen atoms in total. The molecule has 5 rings (SSSR count). The predicted molar refractivity (Wildman–Crippen MR) is 88.5 cm³/mol. The summed E-state index contributed by atoms with van der Waals surface area (Å²) in [5.41, 5.74) is 3.63. The number of methoxy groups -OCH3 is 1. The average molecular weight is 322 g/mol. The molecule has 2 amide bonds. The first-order chi connectivity index (χ1) is 11.7. The fourth-order valence-electron chi connectivity index (χ4n) is 5.07. The third kappa shape index (κ3) is 1.41. The van der Waals surface area contributed by atoms with Crippen molar-refractivity contribution in [1.82, 2.24) is 4.90 Å². The van der Waals surface area contributed by atoms with Gasteiger partial charge in [-0.2, -0.15) is 0 Å². The van der Waals surface area contributed by atoms with Gasteiger partial charge in [0.15, 0.2) is 0 Å². The zero-order valence-electron chi connectivity index (χ0n) is 13.5. The van der Waals surface area contributed by atoms with E-state index in [1.807, 2.05) is 29.2 Å². The van der Waals surface area contributed by atoms with Gasteiger partial charge in [-0.05, 0) is 36.1 Å². The van der Waals surface area contributed by atoms with Crippen molar-refractivity contribution in [1.29, 1.82) is 0 Å². The predicted octanol–water partition coefficient (Wildman–Crippen LogP) is 2.73. The highest BCUT2D eigenvalue weighted by Crippen LogP contribution is 2.60.